The number of carbonyl (C=O) groups excluding carboxylic acids is 2. The third-order valence-corrected chi connectivity index (χ3v) is 6.64. The molecule has 200 valence electrons. The van der Waals surface area contributed by atoms with Crippen molar-refractivity contribution in [2.45, 2.75) is 26.3 Å². The number of hydrogen-bond acceptors (Lipinski definition) is 7. The Morgan fingerprint density at radius 3 is 2.34 bits per heavy atom. The molecule has 9 nitrogen and oxygen atoms in total. The van der Waals surface area contributed by atoms with Crippen LogP contribution in [-0.4, -0.2) is 55.2 Å². The number of nitro benzene ring substituents is 1. The molecule has 38 heavy (non-hydrogen) atoms. The Bertz CT molecular complexity index is 1280. The van der Waals surface area contributed by atoms with Gasteiger partial charge in [0.15, 0.2) is 0 Å². The van der Waals surface area contributed by atoms with E-state index in [9.17, 15) is 19.7 Å². The van der Waals surface area contributed by atoms with Crippen LogP contribution in [0, 0.1) is 10.1 Å². The summed E-state index contributed by atoms with van der Waals surface area (Å²) in [4.78, 5) is 37.3. The third kappa shape index (κ3) is 6.54. The number of methoxy groups -OCH3 is 1. The maximum Gasteiger partial charge on any atom is 0.336 e. The molecular weight excluding hydrogens is 486 g/mol. The number of nitro groups is 1. The lowest BCUT2D eigenvalue weighted by atomic mass is 9.80. The average molecular weight is 521 g/mol. The summed E-state index contributed by atoms with van der Waals surface area (Å²) >= 11 is 0. The van der Waals surface area contributed by atoms with Crippen molar-refractivity contribution in [2.24, 2.45) is 0 Å². The lowest BCUT2D eigenvalue weighted by Gasteiger charge is -2.34. The molecule has 1 aliphatic heterocycles. The smallest absolute Gasteiger partial charge is 0.336 e. The number of dihydropyridines is 1. The maximum absolute atomic E-state index is 13.5. The SMILES string of the molecule is C=CC[N+](C)(CCOC(=O)C1=C(C)NC(C)=C(C(=O)OC)C1c1cccc([N+](=O)[O-])c1)Cc1ccccc1. The minimum Gasteiger partial charge on any atom is -0.466 e. The Balaban J connectivity index is 1.89. The molecule has 2 aromatic carbocycles. The first-order chi connectivity index (χ1) is 18.1. The van der Waals surface area contributed by atoms with Gasteiger partial charge < -0.3 is 19.3 Å². The summed E-state index contributed by atoms with van der Waals surface area (Å²) in [7, 11) is 3.32. The number of ether oxygens (including phenoxy) is 2. The van der Waals surface area contributed by atoms with Crippen LogP contribution < -0.4 is 5.32 Å². The van der Waals surface area contributed by atoms with E-state index in [0.717, 1.165) is 12.1 Å². The third-order valence-electron chi connectivity index (χ3n) is 6.64. The summed E-state index contributed by atoms with van der Waals surface area (Å²) in [6.07, 6.45) is 1.84. The van der Waals surface area contributed by atoms with E-state index in [1.165, 1.54) is 25.3 Å². The molecule has 1 heterocycles. The molecule has 2 aromatic rings. The molecular formula is C29H34N3O6+. The van der Waals surface area contributed by atoms with E-state index in [1.54, 1.807) is 19.9 Å². The lowest BCUT2D eigenvalue weighted by Crippen LogP contribution is -2.46. The summed E-state index contributed by atoms with van der Waals surface area (Å²) in [5.74, 6) is -2.14. The fourth-order valence-electron chi connectivity index (χ4n) is 4.80. The molecule has 0 fully saturated rings. The molecule has 0 spiro atoms. The van der Waals surface area contributed by atoms with Crippen LogP contribution in [0.15, 0.2) is 89.8 Å². The molecule has 3 rings (SSSR count). The molecule has 0 aliphatic carbocycles. The van der Waals surface area contributed by atoms with E-state index in [0.29, 0.717) is 34.5 Å². The highest BCUT2D eigenvalue weighted by molar-refractivity contribution is 5.99. The predicted molar refractivity (Wildman–Crippen MR) is 144 cm³/mol. The monoisotopic (exact) mass is 520 g/mol. The summed E-state index contributed by atoms with van der Waals surface area (Å²) in [6.45, 7) is 9.37. The quantitative estimate of drug-likeness (QED) is 0.154. The largest absolute Gasteiger partial charge is 0.466 e. The van der Waals surface area contributed by atoms with Gasteiger partial charge in [-0.3, -0.25) is 10.1 Å². The zero-order chi connectivity index (χ0) is 27.9. The van der Waals surface area contributed by atoms with E-state index in [2.05, 4.69) is 31.1 Å². The molecule has 9 heteroatoms. The number of nitrogens with zero attached hydrogens (tertiary/aromatic N) is 2. The first-order valence-corrected chi connectivity index (χ1v) is 12.3. The van der Waals surface area contributed by atoms with Crippen molar-refractivity contribution in [3.63, 3.8) is 0 Å². The van der Waals surface area contributed by atoms with Gasteiger partial charge in [-0.25, -0.2) is 9.59 Å². The fourth-order valence-corrected chi connectivity index (χ4v) is 4.80. The van der Waals surface area contributed by atoms with Crippen molar-refractivity contribution < 1.29 is 28.5 Å². The maximum atomic E-state index is 13.5. The van der Waals surface area contributed by atoms with Gasteiger partial charge >= 0.3 is 11.9 Å². The number of esters is 2. The molecule has 0 saturated heterocycles. The molecule has 2 unspecified atom stereocenters. The first kappa shape index (κ1) is 28.3. The number of benzene rings is 2. The number of quaternary nitrogens is 1. The first-order valence-electron chi connectivity index (χ1n) is 12.3. The minimum atomic E-state index is -0.894. The fraction of sp³-hybridized carbons (Fsp3) is 0.310. The Morgan fingerprint density at radius 1 is 1.08 bits per heavy atom. The summed E-state index contributed by atoms with van der Waals surface area (Å²) in [5, 5.41) is 14.5. The van der Waals surface area contributed by atoms with Gasteiger partial charge in [0, 0.05) is 29.1 Å². The Morgan fingerprint density at radius 2 is 1.74 bits per heavy atom. The van der Waals surface area contributed by atoms with Crippen molar-refractivity contribution in [3.8, 4) is 0 Å². The van der Waals surface area contributed by atoms with Crippen molar-refractivity contribution in [2.75, 3.05) is 33.9 Å². The predicted octanol–water partition coefficient (Wildman–Crippen LogP) is 4.38. The summed E-state index contributed by atoms with van der Waals surface area (Å²) in [6, 6.07) is 16.0. The molecule has 0 saturated carbocycles. The van der Waals surface area contributed by atoms with Gasteiger partial charge in [0.05, 0.1) is 42.7 Å². The molecule has 1 N–H and O–H groups in total. The van der Waals surface area contributed by atoms with Gasteiger partial charge in [-0.05, 0) is 25.5 Å². The standard InChI is InChI=1S/C29H33N3O6/c1-6-15-32(4,19-22-11-8-7-9-12-22)16-17-38-29(34)26-21(3)30-20(2)25(28(33)37-5)27(26)23-13-10-14-24(18-23)31(35)36/h6-14,18,27H,1,15-17,19H2,2-5H3/p+1. The van der Waals surface area contributed by atoms with Crippen LogP contribution >= 0.6 is 0 Å². The molecule has 0 radical (unpaired) electrons. The summed E-state index contributed by atoms with van der Waals surface area (Å²) in [5.41, 5.74) is 2.84. The van der Waals surface area contributed by atoms with Gasteiger partial charge in [-0.1, -0.05) is 49.0 Å². The topological polar surface area (TPSA) is 108 Å². The van der Waals surface area contributed by atoms with Gasteiger partial charge in [0.1, 0.15) is 19.7 Å². The van der Waals surface area contributed by atoms with Gasteiger partial charge in [-0.2, -0.15) is 0 Å². The molecule has 0 amide bonds. The Kier molecular flexibility index (Phi) is 9.20. The number of hydrogen-bond donors (Lipinski definition) is 1. The normalized spacial score (nSPS) is 16.8. The van der Waals surface area contributed by atoms with E-state index in [4.69, 9.17) is 9.47 Å². The van der Waals surface area contributed by atoms with E-state index < -0.39 is 22.8 Å². The number of allylic oxidation sites excluding steroid dienone is 2. The second kappa shape index (κ2) is 12.3. The zero-order valence-electron chi connectivity index (χ0n) is 22.2. The highest BCUT2D eigenvalue weighted by atomic mass is 16.6. The van der Waals surface area contributed by atoms with Crippen molar-refractivity contribution in [3.05, 3.63) is 111 Å². The Labute approximate surface area is 222 Å². The number of rotatable bonds is 11. The number of likely N-dealkylation sites (N-methyl/N-ethyl adjacent to an activating group) is 1. The zero-order valence-corrected chi connectivity index (χ0v) is 22.2. The van der Waals surface area contributed by atoms with E-state index >= 15 is 0 Å². The molecule has 2 atom stereocenters. The van der Waals surface area contributed by atoms with Crippen molar-refractivity contribution in [1.82, 2.24) is 5.32 Å². The van der Waals surface area contributed by atoms with Crippen molar-refractivity contribution in [1.29, 1.82) is 0 Å². The highest BCUT2D eigenvalue weighted by Crippen LogP contribution is 2.40. The van der Waals surface area contributed by atoms with Crippen molar-refractivity contribution >= 4 is 17.6 Å². The van der Waals surface area contributed by atoms with Crippen LogP contribution in [0.5, 0.6) is 0 Å². The minimum absolute atomic E-state index is 0.130. The van der Waals surface area contributed by atoms with E-state index in [1.807, 2.05) is 24.3 Å². The van der Waals surface area contributed by atoms with Crippen LogP contribution in [0.4, 0.5) is 5.69 Å². The van der Waals surface area contributed by atoms with Gasteiger partial charge in [0.25, 0.3) is 5.69 Å². The molecule has 1 aliphatic rings. The van der Waals surface area contributed by atoms with Crippen LogP contribution in [0.1, 0.15) is 30.9 Å². The summed E-state index contributed by atoms with van der Waals surface area (Å²) < 4.78 is 11.3. The average Bonchev–Trinajstić information content (AvgIpc) is 2.88. The van der Waals surface area contributed by atoms with Gasteiger partial charge in [0.2, 0.25) is 0 Å². The lowest BCUT2D eigenvalue weighted by molar-refractivity contribution is -0.917. The second-order valence-corrected chi connectivity index (χ2v) is 9.57. The van der Waals surface area contributed by atoms with Gasteiger partial charge in [-0.15, -0.1) is 0 Å². The van der Waals surface area contributed by atoms with Crippen LogP contribution in [0.2, 0.25) is 0 Å². The number of carbonyl (C=O) groups is 2. The second-order valence-electron chi connectivity index (χ2n) is 9.57. The molecule has 0 aromatic heterocycles. The molecule has 0 bridgehead atoms. The van der Waals surface area contributed by atoms with Crippen LogP contribution in [0.25, 0.3) is 0 Å². The number of nitrogens with one attached hydrogen (secondary N) is 1. The Hall–Kier alpha value is -4.24. The van der Waals surface area contributed by atoms with Crippen LogP contribution in [0.3, 0.4) is 0 Å². The van der Waals surface area contributed by atoms with E-state index in [-0.39, 0.29) is 23.4 Å². The van der Waals surface area contributed by atoms with Crippen LogP contribution in [-0.2, 0) is 25.6 Å². The highest BCUT2D eigenvalue weighted by Gasteiger charge is 2.38. The number of non-ortho nitro benzene ring substituents is 1.